The number of likely N-dealkylation sites (tertiary alicyclic amines) is 1. The predicted molar refractivity (Wildman–Crippen MR) is 116 cm³/mol. The summed E-state index contributed by atoms with van der Waals surface area (Å²) >= 11 is 0. The van der Waals surface area contributed by atoms with Gasteiger partial charge in [-0.1, -0.05) is 0 Å². The standard InChI is InChI=1S/C19H30N6O.2ClH/c20-15-10-14(11-15)16-12-17(23-19(21)22-16)24-8-4-13(5-9-24)18(26)25-6-2-1-3-7-25;;/h12-15H,1-11,20H2,(H2,21,22,23);2*1H. The van der Waals surface area contributed by atoms with Crippen molar-refractivity contribution in [2.45, 2.75) is 56.9 Å². The van der Waals surface area contributed by atoms with Crippen LogP contribution in [-0.4, -0.2) is 53.0 Å². The van der Waals surface area contributed by atoms with Crippen molar-refractivity contribution >= 4 is 42.5 Å². The Morgan fingerprint density at radius 2 is 1.64 bits per heavy atom. The topological polar surface area (TPSA) is 101 Å². The molecule has 1 amide bonds. The van der Waals surface area contributed by atoms with Gasteiger partial charge in [-0.2, -0.15) is 4.98 Å². The van der Waals surface area contributed by atoms with E-state index in [2.05, 4.69) is 25.8 Å². The minimum atomic E-state index is 0. The van der Waals surface area contributed by atoms with E-state index in [4.69, 9.17) is 11.5 Å². The molecule has 0 spiro atoms. The van der Waals surface area contributed by atoms with Crippen LogP contribution in [0.2, 0.25) is 0 Å². The van der Waals surface area contributed by atoms with Crippen molar-refractivity contribution < 1.29 is 4.79 Å². The molecule has 1 aromatic heterocycles. The summed E-state index contributed by atoms with van der Waals surface area (Å²) in [6, 6.07) is 2.36. The fourth-order valence-corrected chi connectivity index (χ4v) is 4.47. The summed E-state index contributed by atoms with van der Waals surface area (Å²) in [5, 5.41) is 0. The van der Waals surface area contributed by atoms with Crippen LogP contribution in [0.3, 0.4) is 0 Å². The monoisotopic (exact) mass is 430 g/mol. The van der Waals surface area contributed by atoms with Gasteiger partial charge >= 0.3 is 0 Å². The van der Waals surface area contributed by atoms with E-state index in [1.807, 2.05) is 0 Å². The van der Waals surface area contributed by atoms with Crippen LogP contribution >= 0.6 is 24.8 Å². The molecule has 0 unspecified atom stereocenters. The number of hydrogen-bond acceptors (Lipinski definition) is 6. The quantitative estimate of drug-likeness (QED) is 0.762. The minimum absolute atomic E-state index is 0. The van der Waals surface area contributed by atoms with Crippen molar-refractivity contribution in [3.63, 3.8) is 0 Å². The molecule has 3 heterocycles. The molecule has 3 fully saturated rings. The summed E-state index contributed by atoms with van der Waals surface area (Å²) < 4.78 is 0. The highest BCUT2D eigenvalue weighted by Gasteiger charge is 2.32. The Hall–Kier alpha value is -1.31. The van der Waals surface area contributed by atoms with E-state index in [1.54, 1.807) is 0 Å². The van der Waals surface area contributed by atoms with Gasteiger partial charge in [0, 0.05) is 50.1 Å². The van der Waals surface area contributed by atoms with Crippen LogP contribution in [0, 0.1) is 5.92 Å². The molecule has 2 saturated heterocycles. The molecule has 0 radical (unpaired) electrons. The third-order valence-corrected chi connectivity index (χ3v) is 6.18. The number of halogens is 2. The normalized spacial score (nSPS) is 25.3. The maximum atomic E-state index is 12.7. The zero-order valence-corrected chi connectivity index (χ0v) is 17.9. The molecule has 158 valence electrons. The fraction of sp³-hybridized carbons (Fsp3) is 0.737. The first-order valence-electron chi connectivity index (χ1n) is 10.0. The van der Waals surface area contributed by atoms with Gasteiger partial charge in [0.25, 0.3) is 0 Å². The van der Waals surface area contributed by atoms with Crippen LogP contribution in [0.25, 0.3) is 0 Å². The molecule has 0 atom stereocenters. The lowest BCUT2D eigenvalue weighted by molar-refractivity contribution is -0.137. The van der Waals surface area contributed by atoms with Gasteiger partial charge in [-0.15, -0.1) is 24.8 Å². The van der Waals surface area contributed by atoms with E-state index in [1.165, 1.54) is 6.42 Å². The number of anilines is 2. The van der Waals surface area contributed by atoms with E-state index in [0.29, 0.717) is 17.8 Å². The molecule has 1 aromatic rings. The smallest absolute Gasteiger partial charge is 0.225 e. The molecule has 4 N–H and O–H groups in total. The first-order chi connectivity index (χ1) is 12.6. The average Bonchev–Trinajstić information content (AvgIpc) is 2.65. The predicted octanol–water partition coefficient (Wildman–Crippen LogP) is 2.34. The van der Waals surface area contributed by atoms with Gasteiger partial charge in [-0.25, -0.2) is 4.98 Å². The number of carbonyl (C=O) groups is 1. The number of amides is 1. The maximum absolute atomic E-state index is 12.7. The molecule has 2 aliphatic heterocycles. The van der Waals surface area contributed by atoms with Crippen molar-refractivity contribution in [2.75, 3.05) is 36.8 Å². The van der Waals surface area contributed by atoms with Crippen LogP contribution in [0.5, 0.6) is 0 Å². The van der Waals surface area contributed by atoms with Gasteiger partial charge in [-0.3, -0.25) is 4.79 Å². The van der Waals surface area contributed by atoms with Crippen molar-refractivity contribution in [3.8, 4) is 0 Å². The number of piperidine rings is 2. The fourth-order valence-electron chi connectivity index (χ4n) is 4.47. The SMILES string of the molecule is Cl.Cl.Nc1nc(C2CC(N)C2)cc(N2CCC(C(=O)N3CCCCC3)CC2)n1. The third-order valence-electron chi connectivity index (χ3n) is 6.18. The Kier molecular flexibility index (Phi) is 8.16. The number of hydrogen-bond donors (Lipinski definition) is 2. The summed E-state index contributed by atoms with van der Waals surface area (Å²) in [7, 11) is 0. The highest BCUT2D eigenvalue weighted by atomic mass is 35.5. The molecule has 3 aliphatic rings. The van der Waals surface area contributed by atoms with Gasteiger partial charge in [-0.05, 0) is 44.9 Å². The number of nitrogens with zero attached hydrogens (tertiary/aromatic N) is 4. The van der Waals surface area contributed by atoms with E-state index < -0.39 is 0 Å². The Balaban J connectivity index is 0.00000140. The van der Waals surface area contributed by atoms with E-state index in [0.717, 1.165) is 76.2 Å². The number of nitrogens with two attached hydrogens (primary N) is 2. The molecule has 1 saturated carbocycles. The summed E-state index contributed by atoms with van der Waals surface area (Å²) in [5.41, 5.74) is 12.9. The van der Waals surface area contributed by atoms with Gasteiger partial charge in [0.05, 0.1) is 5.69 Å². The zero-order chi connectivity index (χ0) is 18.1. The van der Waals surface area contributed by atoms with Crippen molar-refractivity contribution in [3.05, 3.63) is 11.8 Å². The van der Waals surface area contributed by atoms with Crippen molar-refractivity contribution in [2.24, 2.45) is 11.7 Å². The van der Waals surface area contributed by atoms with E-state index in [9.17, 15) is 4.79 Å². The van der Waals surface area contributed by atoms with Crippen LogP contribution in [0.4, 0.5) is 11.8 Å². The molecule has 7 nitrogen and oxygen atoms in total. The second-order valence-corrected chi connectivity index (χ2v) is 8.08. The molecule has 28 heavy (non-hydrogen) atoms. The van der Waals surface area contributed by atoms with Gasteiger partial charge < -0.3 is 21.3 Å². The summed E-state index contributed by atoms with van der Waals surface area (Å²) in [6.45, 7) is 3.58. The molecular weight excluding hydrogens is 399 g/mol. The largest absolute Gasteiger partial charge is 0.368 e. The maximum Gasteiger partial charge on any atom is 0.225 e. The molecule has 0 aromatic carbocycles. The average molecular weight is 431 g/mol. The number of nitrogen functional groups attached to an aromatic ring is 1. The van der Waals surface area contributed by atoms with Gasteiger partial charge in [0.1, 0.15) is 5.82 Å². The van der Waals surface area contributed by atoms with Gasteiger partial charge in [0.2, 0.25) is 11.9 Å². The molecular formula is C19H32Cl2N6O. The zero-order valence-electron chi connectivity index (χ0n) is 16.3. The summed E-state index contributed by atoms with van der Waals surface area (Å²) in [6.07, 6.45) is 7.29. The first-order valence-corrected chi connectivity index (χ1v) is 10.0. The van der Waals surface area contributed by atoms with Crippen LogP contribution < -0.4 is 16.4 Å². The summed E-state index contributed by atoms with van der Waals surface area (Å²) in [5.74, 6) is 2.16. The lowest BCUT2D eigenvalue weighted by Gasteiger charge is -2.36. The van der Waals surface area contributed by atoms with Crippen molar-refractivity contribution in [1.29, 1.82) is 0 Å². The second kappa shape index (κ2) is 9.94. The molecule has 4 rings (SSSR count). The van der Waals surface area contributed by atoms with Crippen LogP contribution in [-0.2, 0) is 4.79 Å². The van der Waals surface area contributed by atoms with E-state index >= 15 is 0 Å². The molecule has 1 aliphatic carbocycles. The lowest BCUT2D eigenvalue weighted by Crippen LogP contribution is -2.44. The second-order valence-electron chi connectivity index (χ2n) is 8.08. The number of rotatable bonds is 3. The highest BCUT2D eigenvalue weighted by molar-refractivity contribution is 5.85. The minimum Gasteiger partial charge on any atom is -0.368 e. The van der Waals surface area contributed by atoms with Crippen LogP contribution in [0.15, 0.2) is 6.07 Å². The molecule has 0 bridgehead atoms. The first kappa shape index (κ1) is 23.0. The number of aromatic nitrogens is 2. The van der Waals surface area contributed by atoms with Crippen LogP contribution in [0.1, 0.15) is 56.6 Å². The molecule has 9 heteroatoms. The lowest BCUT2D eigenvalue weighted by atomic mass is 9.78. The van der Waals surface area contributed by atoms with Crippen molar-refractivity contribution in [1.82, 2.24) is 14.9 Å². The third kappa shape index (κ3) is 4.99. The Bertz CT molecular complexity index is 656. The van der Waals surface area contributed by atoms with Gasteiger partial charge in [0.15, 0.2) is 0 Å². The highest BCUT2D eigenvalue weighted by Crippen LogP contribution is 2.36. The summed E-state index contributed by atoms with van der Waals surface area (Å²) in [4.78, 5) is 25.9. The number of carbonyl (C=O) groups excluding carboxylic acids is 1. The Labute approximate surface area is 179 Å². The van der Waals surface area contributed by atoms with E-state index in [-0.39, 0.29) is 36.8 Å². The Morgan fingerprint density at radius 1 is 1.00 bits per heavy atom. The Morgan fingerprint density at radius 3 is 2.25 bits per heavy atom.